The molecule has 2 amide bonds. The monoisotopic (exact) mass is 363 g/mol. The van der Waals surface area contributed by atoms with Crippen molar-refractivity contribution in [3.05, 3.63) is 54.2 Å². The molecule has 0 spiro atoms. The van der Waals surface area contributed by atoms with Gasteiger partial charge in [0, 0.05) is 29.2 Å². The summed E-state index contributed by atoms with van der Waals surface area (Å²) in [6, 6.07) is 12.9. The first-order valence-electron chi connectivity index (χ1n) is 8.96. The summed E-state index contributed by atoms with van der Waals surface area (Å²) in [5.41, 5.74) is 13.8. The van der Waals surface area contributed by atoms with Gasteiger partial charge in [-0.2, -0.15) is 5.10 Å². The topological polar surface area (TPSA) is 116 Å². The summed E-state index contributed by atoms with van der Waals surface area (Å²) in [6.07, 6.45) is 4.32. The Labute approximate surface area is 156 Å². The minimum atomic E-state index is -0.504. The maximum Gasteiger partial charge on any atom is 0.250 e. The Morgan fingerprint density at radius 1 is 1.11 bits per heavy atom. The van der Waals surface area contributed by atoms with Gasteiger partial charge < -0.3 is 16.8 Å². The van der Waals surface area contributed by atoms with E-state index in [1.165, 1.54) is 0 Å². The van der Waals surface area contributed by atoms with Crippen LogP contribution in [0.4, 0.5) is 5.69 Å². The Morgan fingerprint density at radius 3 is 2.56 bits per heavy atom. The van der Waals surface area contributed by atoms with Crippen molar-refractivity contribution in [3.63, 3.8) is 0 Å². The third-order valence-corrected chi connectivity index (χ3v) is 5.05. The number of anilines is 1. The molecule has 2 aromatic carbocycles. The average Bonchev–Trinajstić information content (AvgIpc) is 3.28. The van der Waals surface area contributed by atoms with Crippen LogP contribution in [-0.2, 0) is 4.79 Å². The third-order valence-electron chi connectivity index (χ3n) is 5.05. The molecule has 0 radical (unpaired) electrons. The summed E-state index contributed by atoms with van der Waals surface area (Å²) in [4.78, 5) is 23.9. The number of carbonyl (C=O) groups excluding carboxylic acids is 2. The van der Waals surface area contributed by atoms with Gasteiger partial charge in [-0.25, -0.2) is 4.68 Å². The van der Waals surface area contributed by atoms with Gasteiger partial charge in [0.05, 0.1) is 11.3 Å². The summed E-state index contributed by atoms with van der Waals surface area (Å²) in [6.45, 7) is 0. The zero-order valence-electron chi connectivity index (χ0n) is 14.8. The SMILES string of the molecule is NC(=O)c1cccc2cn(-c3ccc(NC(=O)[C@@H]4CC[C@H](N)C4)cc3)nc12. The predicted molar refractivity (Wildman–Crippen MR) is 104 cm³/mol. The van der Waals surface area contributed by atoms with Crippen LogP contribution in [0.25, 0.3) is 16.6 Å². The van der Waals surface area contributed by atoms with E-state index >= 15 is 0 Å². The van der Waals surface area contributed by atoms with E-state index in [0.717, 1.165) is 36.0 Å². The van der Waals surface area contributed by atoms with Crippen molar-refractivity contribution >= 4 is 28.4 Å². The van der Waals surface area contributed by atoms with Gasteiger partial charge in [-0.3, -0.25) is 9.59 Å². The van der Waals surface area contributed by atoms with E-state index in [0.29, 0.717) is 11.1 Å². The van der Waals surface area contributed by atoms with Crippen molar-refractivity contribution in [3.8, 4) is 5.69 Å². The Kier molecular flexibility index (Phi) is 4.37. The van der Waals surface area contributed by atoms with E-state index in [1.807, 2.05) is 36.5 Å². The van der Waals surface area contributed by atoms with Crippen LogP contribution in [0.5, 0.6) is 0 Å². The van der Waals surface area contributed by atoms with Crippen LogP contribution in [-0.4, -0.2) is 27.6 Å². The highest BCUT2D eigenvalue weighted by molar-refractivity contribution is 6.04. The molecular weight excluding hydrogens is 342 g/mol. The van der Waals surface area contributed by atoms with Gasteiger partial charge in [0.1, 0.15) is 5.52 Å². The molecule has 3 aromatic rings. The molecule has 2 atom stereocenters. The van der Waals surface area contributed by atoms with Crippen molar-refractivity contribution in [1.29, 1.82) is 0 Å². The van der Waals surface area contributed by atoms with Crippen molar-refractivity contribution < 1.29 is 9.59 Å². The van der Waals surface area contributed by atoms with Crippen LogP contribution in [0.15, 0.2) is 48.7 Å². The van der Waals surface area contributed by atoms with E-state index in [4.69, 9.17) is 11.5 Å². The molecule has 7 nitrogen and oxygen atoms in total. The van der Waals surface area contributed by atoms with E-state index in [1.54, 1.807) is 16.8 Å². The van der Waals surface area contributed by atoms with Crippen LogP contribution in [0, 0.1) is 5.92 Å². The molecule has 4 rings (SSSR count). The zero-order valence-corrected chi connectivity index (χ0v) is 14.8. The summed E-state index contributed by atoms with van der Waals surface area (Å²) in [5.74, 6) is -0.495. The lowest BCUT2D eigenvalue weighted by Crippen LogP contribution is -2.23. The van der Waals surface area contributed by atoms with Crippen LogP contribution in [0.3, 0.4) is 0 Å². The molecule has 1 heterocycles. The van der Waals surface area contributed by atoms with Crippen LogP contribution >= 0.6 is 0 Å². The minimum Gasteiger partial charge on any atom is -0.366 e. The molecule has 1 saturated carbocycles. The molecule has 27 heavy (non-hydrogen) atoms. The molecule has 1 aliphatic carbocycles. The summed E-state index contributed by atoms with van der Waals surface area (Å²) in [5, 5.41) is 8.26. The first kappa shape index (κ1) is 17.2. The summed E-state index contributed by atoms with van der Waals surface area (Å²) < 4.78 is 1.69. The van der Waals surface area contributed by atoms with Gasteiger partial charge in [-0.05, 0) is 49.6 Å². The number of primary amides is 1. The number of hydrogen-bond acceptors (Lipinski definition) is 4. The van der Waals surface area contributed by atoms with Crippen molar-refractivity contribution in [2.45, 2.75) is 25.3 Å². The van der Waals surface area contributed by atoms with E-state index in [-0.39, 0.29) is 17.9 Å². The molecule has 1 aromatic heterocycles. The highest BCUT2D eigenvalue weighted by Gasteiger charge is 2.27. The third kappa shape index (κ3) is 3.41. The normalized spacial score (nSPS) is 19.3. The first-order valence-corrected chi connectivity index (χ1v) is 8.96. The van der Waals surface area contributed by atoms with Crippen LogP contribution in [0.1, 0.15) is 29.6 Å². The number of benzene rings is 2. The van der Waals surface area contributed by atoms with Gasteiger partial charge in [0.25, 0.3) is 5.91 Å². The number of hydrogen-bond donors (Lipinski definition) is 3. The molecule has 5 N–H and O–H groups in total. The molecular formula is C20H21N5O2. The second-order valence-corrected chi connectivity index (χ2v) is 6.99. The van der Waals surface area contributed by atoms with Gasteiger partial charge in [-0.1, -0.05) is 12.1 Å². The Balaban J connectivity index is 1.54. The Morgan fingerprint density at radius 2 is 1.89 bits per heavy atom. The molecule has 0 unspecified atom stereocenters. The largest absolute Gasteiger partial charge is 0.366 e. The lowest BCUT2D eigenvalue weighted by molar-refractivity contribution is -0.119. The number of carbonyl (C=O) groups is 2. The van der Waals surface area contributed by atoms with E-state index in [9.17, 15) is 9.59 Å². The maximum atomic E-state index is 12.3. The van der Waals surface area contributed by atoms with Crippen LogP contribution in [0.2, 0.25) is 0 Å². The van der Waals surface area contributed by atoms with Gasteiger partial charge in [0.15, 0.2) is 0 Å². The van der Waals surface area contributed by atoms with Crippen molar-refractivity contribution in [2.24, 2.45) is 17.4 Å². The summed E-state index contributed by atoms with van der Waals surface area (Å²) in [7, 11) is 0. The first-order chi connectivity index (χ1) is 13.0. The van der Waals surface area contributed by atoms with Crippen molar-refractivity contribution in [2.75, 3.05) is 5.32 Å². The lowest BCUT2D eigenvalue weighted by Gasteiger charge is -2.11. The van der Waals surface area contributed by atoms with Gasteiger partial charge in [0.2, 0.25) is 5.91 Å². The fourth-order valence-corrected chi connectivity index (χ4v) is 3.57. The molecule has 7 heteroatoms. The van der Waals surface area contributed by atoms with Gasteiger partial charge >= 0.3 is 0 Å². The van der Waals surface area contributed by atoms with E-state index in [2.05, 4.69) is 10.4 Å². The number of nitrogens with zero attached hydrogens (tertiary/aromatic N) is 2. The molecule has 138 valence electrons. The quantitative estimate of drug-likeness (QED) is 0.659. The number of fused-ring (bicyclic) bond motifs is 1. The predicted octanol–water partition coefficient (Wildman–Crippen LogP) is 2.19. The highest BCUT2D eigenvalue weighted by Crippen LogP contribution is 2.26. The Bertz CT molecular complexity index is 1010. The van der Waals surface area contributed by atoms with Gasteiger partial charge in [-0.15, -0.1) is 0 Å². The average molecular weight is 363 g/mol. The smallest absolute Gasteiger partial charge is 0.250 e. The number of rotatable bonds is 4. The number of nitrogens with one attached hydrogen (secondary N) is 1. The lowest BCUT2D eigenvalue weighted by atomic mass is 10.1. The number of amides is 2. The molecule has 0 saturated heterocycles. The Hall–Kier alpha value is -3.19. The number of aromatic nitrogens is 2. The fraction of sp³-hybridized carbons (Fsp3) is 0.250. The summed E-state index contributed by atoms with van der Waals surface area (Å²) >= 11 is 0. The van der Waals surface area contributed by atoms with Crippen LogP contribution < -0.4 is 16.8 Å². The molecule has 0 aliphatic heterocycles. The zero-order chi connectivity index (χ0) is 19.0. The number of nitrogens with two attached hydrogens (primary N) is 2. The highest BCUT2D eigenvalue weighted by atomic mass is 16.2. The molecule has 0 bridgehead atoms. The maximum absolute atomic E-state index is 12.3. The minimum absolute atomic E-state index is 0.0108. The second-order valence-electron chi connectivity index (χ2n) is 6.99. The second kappa shape index (κ2) is 6.85. The molecule has 1 fully saturated rings. The fourth-order valence-electron chi connectivity index (χ4n) is 3.57. The van der Waals surface area contributed by atoms with E-state index < -0.39 is 5.91 Å². The standard InChI is InChI=1S/C20H21N5O2/c21-14-5-4-12(10-14)20(27)23-15-6-8-16(9-7-15)25-11-13-2-1-3-17(19(22)26)18(13)24-25/h1-3,6-9,11-12,14H,4-5,10,21H2,(H2,22,26)(H,23,27)/t12-,14+/m1/s1. The van der Waals surface area contributed by atoms with Crippen molar-refractivity contribution in [1.82, 2.24) is 9.78 Å². The molecule has 1 aliphatic rings.